The summed E-state index contributed by atoms with van der Waals surface area (Å²) in [6.07, 6.45) is 5.66. The molecule has 1 atom stereocenters. The topological polar surface area (TPSA) is 0 Å². The van der Waals surface area contributed by atoms with E-state index in [0.29, 0.717) is 0 Å². The van der Waals surface area contributed by atoms with Crippen LogP contribution in [0.1, 0.15) is 32.8 Å². The molecule has 0 aromatic heterocycles. The lowest BCUT2D eigenvalue weighted by Crippen LogP contribution is -2.01. The zero-order valence-corrected chi connectivity index (χ0v) is 9.40. The van der Waals surface area contributed by atoms with Gasteiger partial charge in [-0.25, -0.2) is 0 Å². The van der Waals surface area contributed by atoms with Crippen LogP contribution in [0.25, 0.3) is 6.08 Å². The van der Waals surface area contributed by atoms with Crippen molar-refractivity contribution in [3.05, 3.63) is 42.0 Å². The minimum absolute atomic E-state index is 0.773. The van der Waals surface area contributed by atoms with Gasteiger partial charge in [0, 0.05) is 0 Å². The fourth-order valence-corrected chi connectivity index (χ4v) is 1.26. The smallest absolute Gasteiger partial charge is 0.0260 e. The highest BCUT2D eigenvalue weighted by atomic mass is 14.1. The molecule has 0 N–H and O–H groups in total. The van der Waals surface area contributed by atoms with Crippen LogP contribution in [0, 0.1) is 11.8 Å². The molecular weight excluding hydrogens is 168 g/mol. The fraction of sp³-hybridized carbons (Fsp3) is 0.429. The Labute approximate surface area is 87.7 Å². The van der Waals surface area contributed by atoms with Crippen molar-refractivity contribution in [3.63, 3.8) is 0 Å². The van der Waals surface area contributed by atoms with Gasteiger partial charge in [-0.2, -0.15) is 0 Å². The first-order chi connectivity index (χ1) is 6.70. The molecule has 0 aliphatic carbocycles. The van der Waals surface area contributed by atoms with E-state index in [9.17, 15) is 0 Å². The van der Waals surface area contributed by atoms with Crippen molar-refractivity contribution in [1.29, 1.82) is 0 Å². The molecule has 0 aliphatic heterocycles. The van der Waals surface area contributed by atoms with Crippen molar-refractivity contribution in [3.8, 4) is 0 Å². The van der Waals surface area contributed by atoms with Crippen LogP contribution in [-0.4, -0.2) is 0 Å². The lowest BCUT2D eigenvalue weighted by molar-refractivity contribution is 0.424. The highest BCUT2D eigenvalue weighted by Crippen LogP contribution is 2.15. The van der Waals surface area contributed by atoms with Crippen LogP contribution >= 0.6 is 0 Å². The van der Waals surface area contributed by atoms with Crippen LogP contribution in [0.5, 0.6) is 0 Å². The summed E-state index contributed by atoms with van der Waals surface area (Å²) < 4.78 is 0. The number of benzene rings is 1. The molecular formula is C14H20. The van der Waals surface area contributed by atoms with Gasteiger partial charge in [0.2, 0.25) is 0 Å². The average Bonchev–Trinajstić information content (AvgIpc) is 2.19. The van der Waals surface area contributed by atoms with E-state index in [0.717, 1.165) is 11.8 Å². The number of allylic oxidation sites excluding steroid dienone is 1. The lowest BCUT2D eigenvalue weighted by Gasteiger charge is -2.11. The third-order valence-electron chi connectivity index (χ3n) is 2.76. The van der Waals surface area contributed by atoms with Gasteiger partial charge in [0.15, 0.2) is 0 Å². The Morgan fingerprint density at radius 1 is 1.07 bits per heavy atom. The molecule has 0 spiro atoms. The molecule has 0 saturated heterocycles. The maximum absolute atomic E-state index is 2.31. The zero-order valence-electron chi connectivity index (χ0n) is 9.40. The van der Waals surface area contributed by atoms with Crippen LogP contribution in [0.15, 0.2) is 36.4 Å². The molecule has 1 unspecified atom stereocenters. The van der Waals surface area contributed by atoms with Crippen molar-refractivity contribution in [2.45, 2.75) is 27.2 Å². The van der Waals surface area contributed by atoms with Crippen LogP contribution in [0.3, 0.4) is 0 Å². The van der Waals surface area contributed by atoms with Gasteiger partial charge in [-0.3, -0.25) is 0 Å². The molecule has 1 aromatic carbocycles. The third kappa shape index (κ3) is 3.78. The number of rotatable bonds is 4. The maximum atomic E-state index is 2.31. The first-order valence-electron chi connectivity index (χ1n) is 5.41. The van der Waals surface area contributed by atoms with Gasteiger partial charge in [-0.05, 0) is 23.8 Å². The Bertz CT molecular complexity index is 269. The molecule has 0 saturated carbocycles. The molecule has 0 bridgehead atoms. The highest BCUT2D eigenvalue weighted by Gasteiger charge is 2.03. The van der Waals surface area contributed by atoms with E-state index in [-0.39, 0.29) is 0 Å². The van der Waals surface area contributed by atoms with Crippen LogP contribution < -0.4 is 0 Å². The summed E-state index contributed by atoms with van der Waals surface area (Å²) in [6.45, 7) is 6.86. The standard InChI is InChI=1S/C14H20/c1-12(2)13(3)8-7-11-14-9-5-4-6-10-14/h4-7,9-13H,8H2,1-3H3. The molecule has 0 heteroatoms. The Hall–Kier alpha value is -1.04. The number of hydrogen-bond donors (Lipinski definition) is 0. The minimum Gasteiger partial charge on any atom is -0.0837 e. The Morgan fingerprint density at radius 2 is 1.71 bits per heavy atom. The first-order valence-corrected chi connectivity index (χ1v) is 5.41. The summed E-state index contributed by atoms with van der Waals surface area (Å²) >= 11 is 0. The van der Waals surface area contributed by atoms with Gasteiger partial charge in [0.25, 0.3) is 0 Å². The maximum Gasteiger partial charge on any atom is -0.0260 e. The van der Waals surface area contributed by atoms with E-state index in [1.807, 2.05) is 6.07 Å². The van der Waals surface area contributed by atoms with E-state index < -0.39 is 0 Å². The second-order valence-corrected chi connectivity index (χ2v) is 4.27. The Morgan fingerprint density at radius 3 is 2.29 bits per heavy atom. The Kier molecular flexibility index (Phi) is 4.45. The molecule has 76 valence electrons. The lowest BCUT2D eigenvalue weighted by atomic mass is 9.94. The minimum atomic E-state index is 0.773. The molecule has 0 fully saturated rings. The molecule has 0 amide bonds. The summed E-state index contributed by atoms with van der Waals surface area (Å²) in [5.41, 5.74) is 1.29. The molecule has 0 aliphatic rings. The van der Waals surface area contributed by atoms with Crippen LogP contribution in [-0.2, 0) is 0 Å². The third-order valence-corrected chi connectivity index (χ3v) is 2.76. The van der Waals surface area contributed by atoms with Gasteiger partial charge < -0.3 is 0 Å². The molecule has 0 nitrogen and oxygen atoms in total. The van der Waals surface area contributed by atoms with Gasteiger partial charge in [-0.1, -0.05) is 63.3 Å². The summed E-state index contributed by atoms with van der Waals surface area (Å²) in [6, 6.07) is 10.5. The second-order valence-electron chi connectivity index (χ2n) is 4.27. The molecule has 1 aromatic rings. The van der Waals surface area contributed by atoms with Gasteiger partial charge in [0.1, 0.15) is 0 Å². The van der Waals surface area contributed by atoms with Crippen molar-refractivity contribution in [1.82, 2.24) is 0 Å². The second kappa shape index (κ2) is 5.64. The normalized spacial score (nSPS) is 13.7. The van der Waals surface area contributed by atoms with Gasteiger partial charge in [-0.15, -0.1) is 0 Å². The first kappa shape index (κ1) is 11.0. The zero-order chi connectivity index (χ0) is 10.4. The highest BCUT2D eigenvalue weighted by molar-refractivity contribution is 5.48. The van der Waals surface area contributed by atoms with Crippen molar-refractivity contribution < 1.29 is 0 Å². The summed E-state index contributed by atoms with van der Waals surface area (Å²) in [4.78, 5) is 0. The Balaban J connectivity index is 2.42. The molecule has 0 radical (unpaired) electrons. The summed E-state index contributed by atoms with van der Waals surface area (Å²) in [7, 11) is 0. The van der Waals surface area contributed by atoms with Crippen molar-refractivity contribution >= 4 is 6.08 Å². The quantitative estimate of drug-likeness (QED) is 0.657. The average molecular weight is 188 g/mol. The van der Waals surface area contributed by atoms with Crippen LogP contribution in [0.2, 0.25) is 0 Å². The largest absolute Gasteiger partial charge is 0.0837 e. The predicted molar refractivity (Wildman–Crippen MR) is 64.1 cm³/mol. The van der Waals surface area contributed by atoms with Crippen molar-refractivity contribution in [2.24, 2.45) is 11.8 Å². The molecule has 0 heterocycles. The summed E-state index contributed by atoms with van der Waals surface area (Å²) in [5, 5.41) is 0. The summed E-state index contributed by atoms with van der Waals surface area (Å²) in [5.74, 6) is 1.55. The van der Waals surface area contributed by atoms with E-state index in [4.69, 9.17) is 0 Å². The predicted octanol–water partition coefficient (Wildman–Crippen LogP) is 4.38. The van der Waals surface area contributed by atoms with Crippen molar-refractivity contribution in [2.75, 3.05) is 0 Å². The van der Waals surface area contributed by atoms with E-state index in [1.165, 1.54) is 12.0 Å². The van der Waals surface area contributed by atoms with Crippen LogP contribution in [0.4, 0.5) is 0 Å². The van der Waals surface area contributed by atoms with E-state index in [2.05, 4.69) is 57.2 Å². The van der Waals surface area contributed by atoms with E-state index >= 15 is 0 Å². The molecule has 1 rings (SSSR count). The monoisotopic (exact) mass is 188 g/mol. The number of hydrogen-bond acceptors (Lipinski definition) is 0. The molecule has 14 heavy (non-hydrogen) atoms. The van der Waals surface area contributed by atoms with Gasteiger partial charge in [0.05, 0.1) is 0 Å². The van der Waals surface area contributed by atoms with Gasteiger partial charge >= 0.3 is 0 Å². The fourth-order valence-electron chi connectivity index (χ4n) is 1.26. The van der Waals surface area contributed by atoms with E-state index in [1.54, 1.807) is 0 Å². The SMILES string of the molecule is CC(C)C(C)CC=Cc1ccccc1.